The van der Waals surface area contributed by atoms with Gasteiger partial charge < -0.3 is 5.32 Å². The highest BCUT2D eigenvalue weighted by Crippen LogP contribution is 2.25. The second kappa shape index (κ2) is 5.24. The van der Waals surface area contributed by atoms with Gasteiger partial charge in [-0.2, -0.15) is 5.10 Å². The summed E-state index contributed by atoms with van der Waals surface area (Å²) >= 11 is 0. The van der Waals surface area contributed by atoms with Crippen LogP contribution in [0.5, 0.6) is 0 Å². The lowest BCUT2D eigenvalue weighted by Crippen LogP contribution is -2.35. The highest BCUT2D eigenvalue weighted by atomic mass is 19.3. The van der Waals surface area contributed by atoms with Gasteiger partial charge in [-0.3, -0.25) is 15.2 Å². The van der Waals surface area contributed by atoms with E-state index >= 15 is 0 Å². The molecular weight excluding hydrogens is 254 g/mol. The van der Waals surface area contributed by atoms with Gasteiger partial charge in [-0.05, 0) is 12.3 Å². The van der Waals surface area contributed by atoms with E-state index in [1.54, 1.807) is 6.07 Å². The first-order chi connectivity index (χ1) is 8.85. The number of nitrogens with one attached hydrogen (secondary N) is 3. The summed E-state index contributed by atoms with van der Waals surface area (Å²) in [5.41, 5.74) is 0.912. The van der Waals surface area contributed by atoms with Gasteiger partial charge in [-0.25, -0.2) is 8.78 Å². The molecule has 0 spiro atoms. The maximum atomic E-state index is 13.0. The van der Waals surface area contributed by atoms with Gasteiger partial charge in [0, 0.05) is 18.2 Å². The molecule has 0 aliphatic carbocycles. The predicted octanol–water partition coefficient (Wildman–Crippen LogP) is 1.54. The molecule has 2 heterocycles. The van der Waals surface area contributed by atoms with Crippen LogP contribution < -0.4 is 10.6 Å². The van der Waals surface area contributed by atoms with Crippen molar-refractivity contribution in [1.29, 1.82) is 0 Å². The maximum absolute atomic E-state index is 13.0. The van der Waals surface area contributed by atoms with E-state index in [1.165, 1.54) is 0 Å². The third-order valence-corrected chi connectivity index (χ3v) is 2.94. The topological polar surface area (TPSA) is 69.8 Å². The number of hydrogen-bond donors (Lipinski definition) is 3. The fourth-order valence-corrected chi connectivity index (χ4v) is 2.08. The largest absolute Gasteiger partial charge is 0.308 e. The van der Waals surface area contributed by atoms with Crippen molar-refractivity contribution in [3.63, 3.8) is 0 Å². The minimum Gasteiger partial charge on any atom is -0.308 e. The quantitative estimate of drug-likeness (QED) is 0.778. The van der Waals surface area contributed by atoms with Gasteiger partial charge in [0.25, 0.3) is 5.92 Å². The molecule has 0 bridgehead atoms. The van der Waals surface area contributed by atoms with Crippen LogP contribution in [0.3, 0.4) is 0 Å². The third-order valence-electron chi connectivity index (χ3n) is 2.94. The van der Waals surface area contributed by atoms with Crippen molar-refractivity contribution >= 4 is 11.7 Å². The van der Waals surface area contributed by atoms with Gasteiger partial charge in [0.15, 0.2) is 5.82 Å². The van der Waals surface area contributed by atoms with Crippen LogP contribution in [0.25, 0.3) is 0 Å². The number of hydrogen-bond acceptors (Lipinski definition) is 3. The van der Waals surface area contributed by atoms with Gasteiger partial charge in [-0.15, -0.1) is 0 Å². The van der Waals surface area contributed by atoms with Crippen molar-refractivity contribution in [3.8, 4) is 0 Å². The summed E-state index contributed by atoms with van der Waals surface area (Å²) in [6.07, 6.45) is 0.352. The van der Waals surface area contributed by atoms with Crippen LogP contribution in [0.2, 0.25) is 0 Å². The molecule has 2 rings (SSSR count). The number of aromatic amines is 1. The van der Waals surface area contributed by atoms with Crippen LogP contribution in [0, 0.1) is 5.92 Å². The molecule has 3 N–H and O–H groups in total. The molecule has 5 nitrogen and oxygen atoms in total. The molecule has 1 aromatic heterocycles. The Kier molecular flexibility index (Phi) is 3.84. The first-order valence-corrected chi connectivity index (χ1v) is 6.32. The molecule has 0 radical (unpaired) electrons. The first-order valence-electron chi connectivity index (χ1n) is 6.32. The lowest BCUT2D eigenvalue weighted by molar-refractivity contribution is -0.118. The van der Waals surface area contributed by atoms with Crippen LogP contribution >= 0.6 is 0 Å². The van der Waals surface area contributed by atoms with Crippen molar-refractivity contribution in [1.82, 2.24) is 15.5 Å². The zero-order chi connectivity index (χ0) is 14.0. The summed E-state index contributed by atoms with van der Waals surface area (Å²) in [6.45, 7) is 3.69. The number of anilines is 1. The zero-order valence-electron chi connectivity index (χ0n) is 11.0. The standard InChI is InChI=1S/C12H18F2N4O/c1-7(2)3-8-4-10(18-17-8)16-11(19)9-5-12(13,14)6-15-9/h4,7,9,15H,3,5-6H2,1-2H3,(H2,16,17,18,19)/t9-/m0/s1. The Balaban J connectivity index is 1.90. The number of amides is 1. The van der Waals surface area contributed by atoms with Gasteiger partial charge in [-0.1, -0.05) is 13.8 Å². The van der Waals surface area contributed by atoms with E-state index < -0.39 is 30.8 Å². The number of alkyl halides is 2. The van der Waals surface area contributed by atoms with Gasteiger partial charge in [0.1, 0.15) is 0 Å². The molecule has 1 aromatic rings. The van der Waals surface area contributed by atoms with Crippen LogP contribution in [0.1, 0.15) is 26.0 Å². The number of halogens is 2. The average molecular weight is 272 g/mol. The molecule has 19 heavy (non-hydrogen) atoms. The van der Waals surface area contributed by atoms with Gasteiger partial charge in [0.2, 0.25) is 5.91 Å². The highest BCUT2D eigenvalue weighted by Gasteiger charge is 2.42. The molecule has 1 amide bonds. The molecule has 1 aliphatic rings. The van der Waals surface area contributed by atoms with E-state index in [1.807, 2.05) is 0 Å². The summed E-state index contributed by atoms with van der Waals surface area (Å²) in [5.74, 6) is -2.44. The highest BCUT2D eigenvalue weighted by molar-refractivity contribution is 5.94. The van der Waals surface area contributed by atoms with Crippen LogP contribution in [-0.2, 0) is 11.2 Å². The Hall–Kier alpha value is -1.50. The van der Waals surface area contributed by atoms with E-state index in [2.05, 4.69) is 34.7 Å². The molecule has 1 fully saturated rings. The van der Waals surface area contributed by atoms with E-state index in [0.717, 1.165) is 12.1 Å². The Morgan fingerprint density at radius 2 is 2.37 bits per heavy atom. The molecular formula is C12H18F2N4O. The SMILES string of the molecule is CC(C)Cc1cc(NC(=O)[C@@H]2CC(F)(F)CN2)n[nH]1. The Morgan fingerprint density at radius 3 is 2.95 bits per heavy atom. The van der Waals surface area contributed by atoms with Crippen molar-refractivity contribution in [2.24, 2.45) is 5.92 Å². The average Bonchev–Trinajstić information content (AvgIpc) is 2.84. The van der Waals surface area contributed by atoms with E-state index in [-0.39, 0.29) is 0 Å². The second-order valence-electron chi connectivity index (χ2n) is 5.36. The van der Waals surface area contributed by atoms with Crippen molar-refractivity contribution in [2.75, 3.05) is 11.9 Å². The zero-order valence-corrected chi connectivity index (χ0v) is 11.0. The summed E-state index contributed by atoms with van der Waals surface area (Å²) in [6, 6.07) is 0.866. The number of H-pyrrole nitrogens is 1. The molecule has 1 saturated heterocycles. The molecule has 1 aliphatic heterocycles. The minimum absolute atomic E-state index is 0.373. The van der Waals surface area contributed by atoms with E-state index in [9.17, 15) is 13.6 Å². The molecule has 0 aromatic carbocycles. The van der Waals surface area contributed by atoms with Crippen molar-refractivity contribution in [2.45, 2.75) is 38.7 Å². The summed E-state index contributed by atoms with van der Waals surface area (Å²) in [5, 5.41) is 11.8. The maximum Gasteiger partial charge on any atom is 0.262 e. The van der Waals surface area contributed by atoms with Gasteiger partial charge >= 0.3 is 0 Å². The molecule has 1 atom stereocenters. The molecule has 0 saturated carbocycles. The molecule has 106 valence electrons. The lowest BCUT2D eigenvalue weighted by atomic mass is 10.1. The Morgan fingerprint density at radius 1 is 1.63 bits per heavy atom. The first kappa shape index (κ1) is 13.9. The summed E-state index contributed by atoms with van der Waals surface area (Å²) in [4.78, 5) is 11.8. The number of carbonyl (C=O) groups excluding carboxylic acids is 1. The Bertz CT molecular complexity index is 458. The minimum atomic E-state index is -2.81. The number of carbonyl (C=O) groups is 1. The Labute approximate surface area is 110 Å². The predicted molar refractivity (Wildman–Crippen MR) is 67.1 cm³/mol. The summed E-state index contributed by atoms with van der Waals surface area (Å²) in [7, 11) is 0. The molecule has 0 unspecified atom stereocenters. The number of aromatic nitrogens is 2. The van der Waals surface area contributed by atoms with Crippen molar-refractivity contribution in [3.05, 3.63) is 11.8 Å². The smallest absolute Gasteiger partial charge is 0.262 e. The number of nitrogens with zero attached hydrogens (tertiary/aromatic N) is 1. The van der Waals surface area contributed by atoms with Crippen LogP contribution in [-0.4, -0.2) is 34.6 Å². The van der Waals surface area contributed by atoms with Crippen LogP contribution in [0.4, 0.5) is 14.6 Å². The monoisotopic (exact) mass is 272 g/mol. The van der Waals surface area contributed by atoms with Crippen molar-refractivity contribution < 1.29 is 13.6 Å². The normalized spacial score (nSPS) is 21.8. The fourth-order valence-electron chi connectivity index (χ4n) is 2.08. The lowest BCUT2D eigenvalue weighted by Gasteiger charge is -2.09. The second-order valence-corrected chi connectivity index (χ2v) is 5.36. The number of rotatable bonds is 4. The molecule has 7 heteroatoms. The summed E-state index contributed by atoms with van der Waals surface area (Å²) < 4.78 is 26.0. The van der Waals surface area contributed by atoms with E-state index in [0.29, 0.717) is 11.7 Å². The van der Waals surface area contributed by atoms with Crippen LogP contribution in [0.15, 0.2) is 6.07 Å². The third kappa shape index (κ3) is 3.73. The van der Waals surface area contributed by atoms with Gasteiger partial charge in [0.05, 0.1) is 12.6 Å². The fraction of sp³-hybridized carbons (Fsp3) is 0.667. The van der Waals surface area contributed by atoms with E-state index in [4.69, 9.17) is 0 Å².